The highest BCUT2D eigenvalue weighted by molar-refractivity contribution is 7.12. The van der Waals surface area contributed by atoms with Crippen LogP contribution in [0.2, 0.25) is 0 Å². The van der Waals surface area contributed by atoms with E-state index >= 15 is 0 Å². The van der Waals surface area contributed by atoms with Crippen LogP contribution in [0.3, 0.4) is 0 Å². The van der Waals surface area contributed by atoms with Crippen LogP contribution in [0.4, 0.5) is 0 Å². The molecule has 26 heavy (non-hydrogen) atoms. The number of hydrazone groups is 1. The van der Waals surface area contributed by atoms with E-state index in [0.717, 1.165) is 0 Å². The summed E-state index contributed by atoms with van der Waals surface area (Å²) in [4.78, 5) is 24.4. The molecule has 130 valence electrons. The molecule has 6 nitrogen and oxygen atoms in total. The molecule has 0 atom stereocenters. The molecule has 0 spiro atoms. The van der Waals surface area contributed by atoms with Crippen LogP contribution in [0, 0.1) is 0 Å². The molecule has 0 saturated heterocycles. The lowest BCUT2D eigenvalue weighted by molar-refractivity contribution is 0.0739. The Hall–Kier alpha value is -3.45. The number of carbonyl (C=O) groups excluding carboxylic acids is 2. The molecule has 3 aromatic rings. The fourth-order valence-electron chi connectivity index (χ4n) is 2.10. The zero-order valence-electron chi connectivity index (χ0n) is 13.5. The quantitative estimate of drug-likeness (QED) is 0.313. The lowest BCUT2D eigenvalue weighted by atomic mass is 10.2. The number of nitrogens with zero attached hydrogens (tertiary/aromatic N) is 1. The molecule has 0 unspecified atom stereocenters. The van der Waals surface area contributed by atoms with Crippen LogP contribution in [0.5, 0.6) is 11.5 Å². The molecule has 1 amide bonds. The Morgan fingerprint density at radius 3 is 2.69 bits per heavy atom. The van der Waals surface area contributed by atoms with E-state index in [1.54, 1.807) is 53.9 Å². The number of rotatable bonds is 5. The van der Waals surface area contributed by atoms with E-state index in [1.165, 1.54) is 29.7 Å². The zero-order chi connectivity index (χ0) is 18.4. The second-order valence-corrected chi connectivity index (χ2v) is 6.10. The summed E-state index contributed by atoms with van der Waals surface area (Å²) in [6.07, 6.45) is 1.42. The predicted octanol–water partition coefficient (Wildman–Crippen LogP) is 3.44. The molecule has 0 radical (unpaired) electrons. The Kier molecular flexibility index (Phi) is 5.40. The van der Waals surface area contributed by atoms with Gasteiger partial charge in [0.1, 0.15) is 16.4 Å². The number of esters is 1. The van der Waals surface area contributed by atoms with E-state index in [-0.39, 0.29) is 11.3 Å². The highest BCUT2D eigenvalue weighted by Crippen LogP contribution is 2.17. The maximum atomic E-state index is 12.0. The molecule has 0 aliphatic rings. The van der Waals surface area contributed by atoms with Crippen molar-refractivity contribution in [2.75, 3.05) is 0 Å². The number of benzene rings is 2. The van der Waals surface area contributed by atoms with Crippen molar-refractivity contribution in [3.8, 4) is 11.5 Å². The maximum Gasteiger partial charge on any atom is 0.353 e. The molecule has 7 heteroatoms. The van der Waals surface area contributed by atoms with E-state index in [1.807, 2.05) is 0 Å². The first kappa shape index (κ1) is 17.4. The third kappa shape index (κ3) is 4.34. The first-order valence-electron chi connectivity index (χ1n) is 7.60. The monoisotopic (exact) mass is 366 g/mol. The largest absolute Gasteiger partial charge is 0.507 e. The molecule has 1 heterocycles. The Morgan fingerprint density at radius 1 is 1.08 bits per heavy atom. The number of para-hydroxylation sites is 1. The minimum Gasteiger partial charge on any atom is -0.507 e. The van der Waals surface area contributed by atoms with Crippen LogP contribution >= 0.6 is 11.3 Å². The first-order chi connectivity index (χ1) is 12.6. The van der Waals surface area contributed by atoms with Gasteiger partial charge in [-0.15, -0.1) is 11.3 Å². The number of hydrogen-bond acceptors (Lipinski definition) is 6. The molecule has 1 aromatic heterocycles. The van der Waals surface area contributed by atoms with Crippen molar-refractivity contribution in [1.29, 1.82) is 0 Å². The Morgan fingerprint density at radius 2 is 1.92 bits per heavy atom. The van der Waals surface area contributed by atoms with E-state index in [2.05, 4.69) is 10.5 Å². The second-order valence-electron chi connectivity index (χ2n) is 5.16. The summed E-state index contributed by atoms with van der Waals surface area (Å²) in [5, 5.41) is 15.3. The Balaban J connectivity index is 1.63. The number of hydrogen-bond donors (Lipinski definition) is 2. The summed E-state index contributed by atoms with van der Waals surface area (Å²) >= 11 is 1.30. The van der Waals surface area contributed by atoms with Crippen molar-refractivity contribution in [1.82, 2.24) is 5.43 Å². The van der Waals surface area contributed by atoms with Gasteiger partial charge in [0.15, 0.2) is 0 Å². The van der Waals surface area contributed by atoms with Crippen LogP contribution in [-0.2, 0) is 0 Å². The van der Waals surface area contributed by atoms with Crippen molar-refractivity contribution in [2.45, 2.75) is 0 Å². The van der Waals surface area contributed by atoms with Gasteiger partial charge in [-0.1, -0.05) is 30.3 Å². The van der Waals surface area contributed by atoms with Crippen molar-refractivity contribution < 1.29 is 19.4 Å². The van der Waals surface area contributed by atoms with Crippen molar-refractivity contribution in [3.05, 3.63) is 82.0 Å². The molecular formula is C19H14N2O4S. The highest BCUT2D eigenvalue weighted by atomic mass is 32.1. The minimum absolute atomic E-state index is 0.123. The number of thiophene rings is 1. The SMILES string of the molecule is O=C(Oc1cccc(/C=N\NC(=O)c2ccccc2O)c1)c1cccs1. The van der Waals surface area contributed by atoms with E-state index in [9.17, 15) is 14.7 Å². The van der Waals surface area contributed by atoms with E-state index in [4.69, 9.17) is 4.74 Å². The number of ether oxygens (including phenoxy) is 1. The van der Waals surface area contributed by atoms with Crippen LogP contribution in [0.1, 0.15) is 25.6 Å². The van der Waals surface area contributed by atoms with Crippen molar-refractivity contribution in [3.63, 3.8) is 0 Å². The summed E-state index contributed by atoms with van der Waals surface area (Å²) in [5.74, 6) is -0.705. The molecule has 2 N–H and O–H groups in total. The minimum atomic E-state index is -0.528. The van der Waals surface area contributed by atoms with Crippen molar-refractivity contribution >= 4 is 29.4 Å². The molecule has 0 fully saturated rings. The Labute approximate surface area is 153 Å². The van der Waals surface area contributed by atoms with Crippen LogP contribution in [0.25, 0.3) is 0 Å². The zero-order valence-corrected chi connectivity index (χ0v) is 14.3. The molecule has 3 rings (SSSR count). The van der Waals surface area contributed by atoms with Gasteiger partial charge in [-0.3, -0.25) is 4.79 Å². The number of phenolic OH excluding ortho intramolecular Hbond substituents is 1. The fourth-order valence-corrected chi connectivity index (χ4v) is 2.70. The highest BCUT2D eigenvalue weighted by Gasteiger charge is 2.10. The number of carbonyl (C=O) groups is 2. The lowest BCUT2D eigenvalue weighted by Crippen LogP contribution is -2.17. The molecule has 0 bridgehead atoms. The number of phenols is 1. The van der Waals surface area contributed by atoms with Gasteiger partial charge in [0.05, 0.1) is 11.8 Å². The molecule has 0 saturated carbocycles. The molecule has 0 aliphatic heterocycles. The van der Waals surface area contributed by atoms with Gasteiger partial charge in [-0.2, -0.15) is 5.10 Å². The fraction of sp³-hybridized carbons (Fsp3) is 0. The topological polar surface area (TPSA) is 88.0 Å². The molecule has 0 aliphatic carbocycles. The van der Waals surface area contributed by atoms with Crippen LogP contribution in [0.15, 0.2) is 71.1 Å². The average molecular weight is 366 g/mol. The predicted molar refractivity (Wildman–Crippen MR) is 98.9 cm³/mol. The summed E-state index contributed by atoms with van der Waals surface area (Å²) in [6, 6.07) is 16.4. The summed E-state index contributed by atoms with van der Waals surface area (Å²) < 4.78 is 5.30. The van der Waals surface area contributed by atoms with Crippen molar-refractivity contribution in [2.24, 2.45) is 5.10 Å². The molecular weight excluding hydrogens is 352 g/mol. The number of amides is 1. The van der Waals surface area contributed by atoms with Gasteiger partial charge in [-0.25, -0.2) is 10.2 Å². The average Bonchev–Trinajstić information content (AvgIpc) is 3.17. The normalized spacial score (nSPS) is 10.6. The number of nitrogens with one attached hydrogen (secondary N) is 1. The summed E-state index contributed by atoms with van der Waals surface area (Å²) in [5.41, 5.74) is 3.10. The summed E-state index contributed by atoms with van der Waals surface area (Å²) in [7, 11) is 0. The van der Waals surface area contributed by atoms with Gasteiger partial charge < -0.3 is 9.84 Å². The van der Waals surface area contributed by atoms with Crippen LogP contribution < -0.4 is 10.2 Å². The molecule has 2 aromatic carbocycles. The lowest BCUT2D eigenvalue weighted by Gasteiger charge is -2.04. The van der Waals surface area contributed by atoms with E-state index < -0.39 is 11.9 Å². The maximum absolute atomic E-state index is 12.0. The number of aromatic hydroxyl groups is 1. The second kappa shape index (κ2) is 8.09. The van der Waals surface area contributed by atoms with Gasteiger partial charge in [0.25, 0.3) is 5.91 Å². The van der Waals surface area contributed by atoms with Gasteiger partial charge >= 0.3 is 5.97 Å². The Bertz CT molecular complexity index is 952. The smallest absolute Gasteiger partial charge is 0.353 e. The summed E-state index contributed by atoms with van der Waals surface area (Å²) in [6.45, 7) is 0. The standard InChI is InChI=1S/C19H14N2O4S/c22-16-8-2-1-7-15(16)18(23)21-20-12-13-5-3-6-14(11-13)25-19(24)17-9-4-10-26-17/h1-12,22H,(H,21,23)/b20-12-. The third-order valence-electron chi connectivity index (χ3n) is 3.32. The van der Waals surface area contributed by atoms with Gasteiger partial charge in [0.2, 0.25) is 0 Å². The third-order valence-corrected chi connectivity index (χ3v) is 4.17. The first-order valence-corrected chi connectivity index (χ1v) is 8.48. The van der Waals surface area contributed by atoms with Crippen LogP contribution in [-0.4, -0.2) is 23.2 Å². The van der Waals surface area contributed by atoms with E-state index in [0.29, 0.717) is 16.2 Å². The van der Waals surface area contributed by atoms with Gasteiger partial charge in [0, 0.05) is 0 Å². The van der Waals surface area contributed by atoms with Gasteiger partial charge in [-0.05, 0) is 41.3 Å².